The first-order valence-electron chi connectivity index (χ1n) is 8.16. The van der Waals surface area contributed by atoms with Gasteiger partial charge in [-0.25, -0.2) is 4.79 Å². The van der Waals surface area contributed by atoms with Crippen LogP contribution in [0.3, 0.4) is 0 Å². The molecule has 1 aromatic carbocycles. The van der Waals surface area contributed by atoms with Gasteiger partial charge >= 0.3 is 5.97 Å². The van der Waals surface area contributed by atoms with Crippen molar-refractivity contribution in [2.75, 3.05) is 7.11 Å². The maximum atomic E-state index is 11.5. The maximum absolute atomic E-state index is 11.5. The number of rotatable bonds is 8. The summed E-state index contributed by atoms with van der Waals surface area (Å²) in [4.78, 5) is 11.5. The Balaban J connectivity index is 3.11. The SMILES string of the molecule is C/C=C/[C@@H](/C=C\O[Si](C)(C)C)[C@@H](/C=C/C(=O)OC)c1ccccc1. The lowest BCUT2D eigenvalue weighted by molar-refractivity contribution is -0.134. The molecule has 0 aromatic heterocycles. The van der Waals surface area contributed by atoms with Crippen LogP contribution in [0.1, 0.15) is 18.4 Å². The summed E-state index contributed by atoms with van der Waals surface area (Å²) in [7, 11) is -0.222. The number of methoxy groups -OCH3 is 1. The molecule has 4 heteroatoms. The highest BCUT2D eigenvalue weighted by atomic mass is 28.4. The molecule has 1 aromatic rings. The number of allylic oxidation sites excluding steroid dienone is 4. The average Bonchev–Trinajstić information content (AvgIpc) is 2.54. The van der Waals surface area contributed by atoms with Crippen LogP contribution in [0.15, 0.2) is 67.0 Å². The van der Waals surface area contributed by atoms with Gasteiger partial charge < -0.3 is 9.16 Å². The fraction of sp³-hybridized carbons (Fsp3) is 0.350. The third-order valence-electron chi connectivity index (χ3n) is 3.38. The highest BCUT2D eigenvalue weighted by molar-refractivity contribution is 6.69. The zero-order chi connectivity index (χ0) is 18.0. The highest BCUT2D eigenvalue weighted by Crippen LogP contribution is 2.29. The Morgan fingerprint density at radius 1 is 1.08 bits per heavy atom. The summed E-state index contributed by atoms with van der Waals surface area (Å²) in [6.07, 6.45) is 11.4. The molecule has 0 spiro atoms. The van der Waals surface area contributed by atoms with Gasteiger partial charge in [0.15, 0.2) is 0 Å². The van der Waals surface area contributed by atoms with E-state index in [1.54, 1.807) is 6.26 Å². The normalized spacial score (nSPS) is 15.0. The quantitative estimate of drug-likeness (QED) is 0.217. The fourth-order valence-electron chi connectivity index (χ4n) is 2.25. The second-order valence-electron chi connectivity index (χ2n) is 6.48. The molecule has 0 fully saturated rings. The largest absolute Gasteiger partial charge is 0.550 e. The molecular formula is C20H28O3Si. The molecular weight excluding hydrogens is 316 g/mol. The van der Waals surface area contributed by atoms with E-state index in [1.807, 2.05) is 37.3 Å². The van der Waals surface area contributed by atoms with Crippen molar-refractivity contribution in [2.24, 2.45) is 5.92 Å². The minimum atomic E-state index is -1.61. The fourth-order valence-corrected chi connectivity index (χ4v) is 2.73. The average molecular weight is 345 g/mol. The first-order valence-corrected chi connectivity index (χ1v) is 11.6. The van der Waals surface area contributed by atoms with Crippen LogP contribution in [0.25, 0.3) is 0 Å². The van der Waals surface area contributed by atoms with Gasteiger partial charge in [0.25, 0.3) is 0 Å². The molecule has 0 heterocycles. The highest BCUT2D eigenvalue weighted by Gasteiger charge is 2.18. The van der Waals surface area contributed by atoms with Crippen molar-refractivity contribution >= 4 is 14.3 Å². The van der Waals surface area contributed by atoms with Gasteiger partial charge in [-0.2, -0.15) is 0 Å². The van der Waals surface area contributed by atoms with Crippen LogP contribution in [0.5, 0.6) is 0 Å². The molecule has 0 N–H and O–H groups in total. The van der Waals surface area contributed by atoms with Crippen LogP contribution in [0.2, 0.25) is 19.6 Å². The molecule has 0 saturated heterocycles. The van der Waals surface area contributed by atoms with Crippen molar-refractivity contribution in [1.82, 2.24) is 0 Å². The van der Waals surface area contributed by atoms with Crippen LogP contribution in [0.4, 0.5) is 0 Å². The van der Waals surface area contributed by atoms with E-state index in [0.717, 1.165) is 5.56 Å². The lowest BCUT2D eigenvalue weighted by atomic mass is 9.85. The minimum Gasteiger partial charge on any atom is -0.550 e. The molecule has 0 aliphatic heterocycles. The number of esters is 1. The molecule has 1 rings (SSSR count). The number of hydrogen-bond donors (Lipinski definition) is 0. The second-order valence-corrected chi connectivity index (χ2v) is 10.9. The smallest absolute Gasteiger partial charge is 0.330 e. The Morgan fingerprint density at radius 3 is 2.29 bits per heavy atom. The summed E-state index contributed by atoms with van der Waals surface area (Å²) < 4.78 is 10.6. The molecule has 2 atom stereocenters. The molecule has 0 aliphatic rings. The summed E-state index contributed by atoms with van der Waals surface area (Å²) in [5.41, 5.74) is 1.14. The molecule has 0 aliphatic carbocycles. The molecule has 0 amide bonds. The predicted molar refractivity (Wildman–Crippen MR) is 102 cm³/mol. The van der Waals surface area contributed by atoms with E-state index in [4.69, 9.17) is 9.16 Å². The number of ether oxygens (including phenoxy) is 1. The Labute approximate surface area is 146 Å². The van der Waals surface area contributed by atoms with E-state index in [0.29, 0.717) is 0 Å². The van der Waals surface area contributed by atoms with E-state index in [2.05, 4.69) is 43.9 Å². The zero-order valence-electron chi connectivity index (χ0n) is 15.2. The Kier molecular flexibility index (Phi) is 8.26. The first-order chi connectivity index (χ1) is 11.4. The topological polar surface area (TPSA) is 35.5 Å². The lowest BCUT2D eigenvalue weighted by Crippen LogP contribution is -2.22. The Bertz CT molecular complexity index is 583. The Hall–Kier alpha value is -2.07. The summed E-state index contributed by atoms with van der Waals surface area (Å²) in [5, 5.41) is 0. The van der Waals surface area contributed by atoms with E-state index in [1.165, 1.54) is 13.2 Å². The molecule has 3 nitrogen and oxygen atoms in total. The number of benzene rings is 1. The summed E-state index contributed by atoms with van der Waals surface area (Å²) in [6, 6.07) is 10.1. The van der Waals surface area contributed by atoms with Crippen molar-refractivity contribution in [3.63, 3.8) is 0 Å². The molecule has 24 heavy (non-hydrogen) atoms. The van der Waals surface area contributed by atoms with Gasteiger partial charge in [0, 0.05) is 17.9 Å². The summed E-state index contributed by atoms with van der Waals surface area (Å²) >= 11 is 0. The molecule has 0 saturated carbocycles. The van der Waals surface area contributed by atoms with Gasteiger partial charge in [-0.15, -0.1) is 0 Å². The van der Waals surface area contributed by atoms with Crippen LogP contribution in [0, 0.1) is 5.92 Å². The summed E-state index contributed by atoms with van der Waals surface area (Å²) in [6.45, 7) is 8.43. The predicted octanol–water partition coefficient (Wildman–Crippen LogP) is 5.06. The zero-order valence-corrected chi connectivity index (χ0v) is 16.2. The monoisotopic (exact) mass is 344 g/mol. The van der Waals surface area contributed by atoms with Crippen molar-refractivity contribution in [3.8, 4) is 0 Å². The third-order valence-corrected chi connectivity index (χ3v) is 4.22. The Morgan fingerprint density at radius 2 is 1.75 bits per heavy atom. The van der Waals surface area contributed by atoms with E-state index >= 15 is 0 Å². The number of hydrogen-bond acceptors (Lipinski definition) is 3. The molecule has 130 valence electrons. The molecule has 0 unspecified atom stereocenters. The minimum absolute atomic E-state index is 0.0305. The number of carbonyl (C=O) groups is 1. The van der Waals surface area contributed by atoms with Gasteiger partial charge in [-0.1, -0.05) is 48.6 Å². The maximum Gasteiger partial charge on any atom is 0.330 e. The van der Waals surface area contributed by atoms with Gasteiger partial charge in [-0.3, -0.25) is 0 Å². The third kappa shape index (κ3) is 7.46. The van der Waals surface area contributed by atoms with E-state index in [9.17, 15) is 4.79 Å². The number of carbonyl (C=O) groups excluding carboxylic acids is 1. The van der Waals surface area contributed by atoms with Crippen molar-refractivity contribution < 1.29 is 14.0 Å². The van der Waals surface area contributed by atoms with Crippen LogP contribution >= 0.6 is 0 Å². The van der Waals surface area contributed by atoms with E-state index in [-0.39, 0.29) is 17.8 Å². The van der Waals surface area contributed by atoms with Crippen molar-refractivity contribution in [1.29, 1.82) is 0 Å². The first kappa shape index (κ1) is 20.0. The van der Waals surface area contributed by atoms with Gasteiger partial charge in [0.1, 0.15) is 0 Å². The van der Waals surface area contributed by atoms with Crippen LogP contribution in [-0.4, -0.2) is 21.4 Å². The van der Waals surface area contributed by atoms with Crippen molar-refractivity contribution in [2.45, 2.75) is 32.5 Å². The van der Waals surface area contributed by atoms with Crippen molar-refractivity contribution in [3.05, 3.63) is 72.5 Å². The molecule has 0 radical (unpaired) electrons. The van der Waals surface area contributed by atoms with E-state index < -0.39 is 8.32 Å². The van der Waals surface area contributed by atoms with Crippen LogP contribution < -0.4 is 0 Å². The van der Waals surface area contributed by atoms with Gasteiger partial charge in [0.05, 0.1) is 13.4 Å². The second kappa shape index (κ2) is 9.93. The molecule has 0 bridgehead atoms. The van der Waals surface area contributed by atoms with Crippen LogP contribution in [-0.2, 0) is 14.0 Å². The van der Waals surface area contributed by atoms with Gasteiger partial charge in [0.2, 0.25) is 8.32 Å². The lowest BCUT2D eigenvalue weighted by Gasteiger charge is -2.21. The van der Waals surface area contributed by atoms with Gasteiger partial charge in [-0.05, 0) is 38.2 Å². The standard InChI is InChI=1S/C20H28O3Si/c1-6-10-17(15-16-23-24(3,4)5)19(13-14-20(21)22-2)18-11-8-7-9-12-18/h6-17,19H,1-5H3/b10-6+,14-13+,16-15-/t17-,19+/m0/s1. The summed E-state index contributed by atoms with van der Waals surface area (Å²) in [5.74, 6) is -0.227.